The Morgan fingerprint density at radius 3 is 2.68 bits per heavy atom. The van der Waals surface area contributed by atoms with Crippen molar-refractivity contribution in [3.05, 3.63) is 41.5 Å². The first-order valence-corrected chi connectivity index (χ1v) is 7.14. The highest BCUT2D eigenvalue weighted by atomic mass is 35.5. The lowest BCUT2D eigenvalue weighted by atomic mass is 9.94. The second-order valence-corrected chi connectivity index (χ2v) is 5.90. The summed E-state index contributed by atoms with van der Waals surface area (Å²) in [6.07, 6.45) is 4.22. The van der Waals surface area contributed by atoms with Gasteiger partial charge in [-0.05, 0) is 35.9 Å². The molecule has 0 spiro atoms. The third kappa shape index (κ3) is 2.08. The molecule has 1 aromatic carbocycles. The molecule has 0 saturated carbocycles. The largest absolute Gasteiger partial charge is 0.368 e. The number of benzene rings is 1. The number of hydrogen-bond donors (Lipinski definition) is 0. The van der Waals surface area contributed by atoms with Crippen LogP contribution in [-0.2, 0) is 0 Å². The quantitative estimate of drug-likeness (QED) is 0.753. The molecule has 0 unspecified atom stereocenters. The Morgan fingerprint density at radius 2 is 2.11 bits per heavy atom. The zero-order chi connectivity index (χ0) is 13.6. The van der Waals surface area contributed by atoms with Crippen molar-refractivity contribution in [3.8, 4) is 0 Å². The molecule has 1 fully saturated rings. The minimum Gasteiger partial charge on any atom is -0.368 e. The highest BCUT2D eigenvalue weighted by molar-refractivity contribution is 6.30. The van der Waals surface area contributed by atoms with Gasteiger partial charge in [0.15, 0.2) is 0 Å². The van der Waals surface area contributed by atoms with E-state index in [4.69, 9.17) is 11.6 Å². The average Bonchev–Trinajstić information content (AvgIpc) is 2.36. The van der Waals surface area contributed by atoms with E-state index in [1.54, 1.807) is 0 Å². The Bertz CT molecular complexity index is 621. The standard InChI is InChI=1S/C16H18ClN2/c1-10(2)12-4-5-15(19-7-6-11(19)3)14-9-18-16(17)8-13(12)14/h4-6,8-11H,7H2,1-3H3/t11-/m1/s1. The van der Waals surface area contributed by atoms with Gasteiger partial charge in [-0.3, -0.25) is 0 Å². The summed E-state index contributed by atoms with van der Waals surface area (Å²) < 4.78 is 0. The molecule has 2 nitrogen and oxygen atoms in total. The highest BCUT2D eigenvalue weighted by Gasteiger charge is 2.26. The lowest BCUT2D eigenvalue weighted by Crippen LogP contribution is -2.46. The first kappa shape index (κ1) is 12.7. The third-order valence-corrected chi connectivity index (χ3v) is 4.15. The lowest BCUT2D eigenvalue weighted by Gasteiger charge is -2.41. The molecule has 1 radical (unpaired) electrons. The second-order valence-electron chi connectivity index (χ2n) is 5.51. The van der Waals surface area contributed by atoms with Gasteiger partial charge in [0.25, 0.3) is 0 Å². The first-order valence-electron chi connectivity index (χ1n) is 6.76. The van der Waals surface area contributed by atoms with Crippen LogP contribution < -0.4 is 4.90 Å². The summed E-state index contributed by atoms with van der Waals surface area (Å²) in [5.41, 5.74) is 2.60. The average molecular weight is 274 g/mol. The summed E-state index contributed by atoms with van der Waals surface area (Å²) in [7, 11) is 0. The van der Waals surface area contributed by atoms with Crippen molar-refractivity contribution in [2.75, 3.05) is 11.4 Å². The minimum absolute atomic E-state index is 0.482. The molecule has 1 atom stereocenters. The fourth-order valence-electron chi connectivity index (χ4n) is 2.71. The normalized spacial score (nSPS) is 19.0. The van der Waals surface area contributed by atoms with Gasteiger partial charge in [0.05, 0.1) is 0 Å². The molecule has 3 rings (SSSR count). The summed E-state index contributed by atoms with van der Waals surface area (Å²) in [4.78, 5) is 6.65. The topological polar surface area (TPSA) is 16.1 Å². The van der Waals surface area contributed by atoms with Gasteiger partial charge in [-0.2, -0.15) is 0 Å². The van der Waals surface area contributed by atoms with Crippen LogP contribution >= 0.6 is 11.6 Å². The van der Waals surface area contributed by atoms with Crippen molar-refractivity contribution in [2.45, 2.75) is 32.7 Å². The number of pyridine rings is 1. The first-order chi connectivity index (χ1) is 9.08. The van der Waals surface area contributed by atoms with Crippen LogP contribution in [0.2, 0.25) is 5.15 Å². The number of rotatable bonds is 2. The van der Waals surface area contributed by atoms with Gasteiger partial charge in [0.2, 0.25) is 0 Å². The van der Waals surface area contributed by atoms with E-state index < -0.39 is 0 Å². The monoisotopic (exact) mass is 273 g/mol. The second kappa shape index (κ2) is 4.68. The molecule has 0 aliphatic carbocycles. The molecular weight excluding hydrogens is 256 g/mol. The Balaban J connectivity index is 2.23. The smallest absolute Gasteiger partial charge is 0.129 e. The van der Waals surface area contributed by atoms with Crippen LogP contribution in [0.5, 0.6) is 0 Å². The zero-order valence-corrected chi connectivity index (χ0v) is 12.3. The maximum atomic E-state index is 6.07. The number of aromatic nitrogens is 1. The summed E-state index contributed by atoms with van der Waals surface area (Å²) in [5.74, 6) is 0.482. The van der Waals surface area contributed by atoms with Crippen LogP contribution in [0.15, 0.2) is 24.4 Å². The fraction of sp³-hybridized carbons (Fsp3) is 0.375. The lowest BCUT2D eigenvalue weighted by molar-refractivity contribution is 0.611. The van der Waals surface area contributed by atoms with E-state index in [0.717, 1.165) is 6.54 Å². The molecule has 3 heteroatoms. The van der Waals surface area contributed by atoms with E-state index >= 15 is 0 Å². The summed E-state index contributed by atoms with van der Waals surface area (Å²) in [6.45, 7) is 7.65. The molecule has 1 aromatic heterocycles. The number of fused-ring (bicyclic) bond motifs is 1. The molecule has 1 aliphatic heterocycles. The van der Waals surface area contributed by atoms with Gasteiger partial charge >= 0.3 is 0 Å². The molecule has 99 valence electrons. The molecule has 1 saturated heterocycles. The van der Waals surface area contributed by atoms with Crippen LogP contribution in [0.4, 0.5) is 5.69 Å². The van der Waals surface area contributed by atoms with Gasteiger partial charge in [0.1, 0.15) is 5.15 Å². The van der Waals surface area contributed by atoms with Crippen LogP contribution in [-0.4, -0.2) is 17.6 Å². The van der Waals surface area contributed by atoms with Crippen LogP contribution in [0.3, 0.4) is 0 Å². The molecule has 2 heterocycles. The summed E-state index contributed by atoms with van der Waals surface area (Å²) >= 11 is 6.07. The van der Waals surface area contributed by atoms with E-state index in [-0.39, 0.29) is 0 Å². The van der Waals surface area contributed by atoms with E-state index in [1.807, 2.05) is 12.3 Å². The molecule has 1 aliphatic rings. The zero-order valence-electron chi connectivity index (χ0n) is 11.5. The van der Waals surface area contributed by atoms with Crippen molar-refractivity contribution in [1.29, 1.82) is 0 Å². The van der Waals surface area contributed by atoms with E-state index in [2.05, 4.69) is 49.2 Å². The van der Waals surface area contributed by atoms with Crippen LogP contribution in [0, 0.1) is 6.42 Å². The maximum Gasteiger partial charge on any atom is 0.129 e. The number of hydrogen-bond acceptors (Lipinski definition) is 2. The summed E-state index contributed by atoms with van der Waals surface area (Å²) in [5, 5.41) is 3.00. The van der Waals surface area contributed by atoms with Crippen molar-refractivity contribution in [1.82, 2.24) is 4.98 Å². The van der Waals surface area contributed by atoms with Crippen molar-refractivity contribution in [3.63, 3.8) is 0 Å². The van der Waals surface area contributed by atoms with Crippen LogP contribution in [0.25, 0.3) is 10.8 Å². The van der Waals surface area contributed by atoms with E-state index in [0.29, 0.717) is 17.1 Å². The SMILES string of the molecule is CC(C)c1ccc(N2C[CH][C@H]2C)c2cnc(Cl)cc12. The van der Waals surface area contributed by atoms with Crippen molar-refractivity contribution < 1.29 is 0 Å². The molecule has 0 amide bonds. The summed E-state index contributed by atoms with van der Waals surface area (Å²) in [6, 6.07) is 6.94. The van der Waals surface area contributed by atoms with E-state index in [1.165, 1.54) is 22.0 Å². The van der Waals surface area contributed by atoms with Crippen LogP contribution in [0.1, 0.15) is 32.3 Å². The maximum absolute atomic E-state index is 6.07. The van der Waals surface area contributed by atoms with Crippen molar-refractivity contribution in [2.24, 2.45) is 0 Å². The Labute approximate surface area is 119 Å². The van der Waals surface area contributed by atoms with Gasteiger partial charge in [-0.15, -0.1) is 0 Å². The number of nitrogens with zero attached hydrogens (tertiary/aromatic N) is 2. The Morgan fingerprint density at radius 1 is 1.32 bits per heavy atom. The highest BCUT2D eigenvalue weighted by Crippen LogP contribution is 2.36. The number of anilines is 1. The molecule has 2 aromatic rings. The molecule has 0 bridgehead atoms. The number of halogens is 1. The van der Waals surface area contributed by atoms with Gasteiger partial charge < -0.3 is 4.90 Å². The van der Waals surface area contributed by atoms with E-state index in [9.17, 15) is 0 Å². The minimum atomic E-state index is 0.482. The van der Waals surface area contributed by atoms with Gasteiger partial charge in [-0.1, -0.05) is 31.5 Å². The van der Waals surface area contributed by atoms with Crippen molar-refractivity contribution >= 4 is 28.1 Å². The molecular formula is C16H18ClN2. The fourth-order valence-corrected chi connectivity index (χ4v) is 2.87. The predicted molar refractivity (Wildman–Crippen MR) is 82.0 cm³/mol. The Kier molecular flexibility index (Phi) is 3.14. The van der Waals surface area contributed by atoms with Gasteiger partial charge in [0, 0.05) is 36.3 Å². The predicted octanol–water partition coefficient (Wildman–Crippen LogP) is 4.42. The third-order valence-electron chi connectivity index (χ3n) is 3.94. The Hall–Kier alpha value is -1.28. The van der Waals surface area contributed by atoms with Gasteiger partial charge in [-0.25, -0.2) is 4.98 Å². The molecule has 0 N–H and O–H groups in total. The molecule has 19 heavy (non-hydrogen) atoms.